The average Bonchev–Trinajstić information content (AvgIpc) is 3.18. The Balaban J connectivity index is 1.63. The predicted molar refractivity (Wildman–Crippen MR) is 139 cm³/mol. The van der Waals surface area contributed by atoms with Gasteiger partial charge in [0.1, 0.15) is 20.6 Å². The summed E-state index contributed by atoms with van der Waals surface area (Å²) in [6.45, 7) is 3.61. The van der Waals surface area contributed by atoms with Crippen LogP contribution in [-0.2, 0) is 18.9 Å². The number of rotatable bonds is 9. The predicted octanol–water partition coefficient (Wildman–Crippen LogP) is 3.60. The molecule has 0 bridgehead atoms. The summed E-state index contributed by atoms with van der Waals surface area (Å²) < 4.78 is 23.6. The molecule has 4 rings (SSSR count). The second-order valence-corrected chi connectivity index (χ2v) is 8.68. The van der Waals surface area contributed by atoms with Gasteiger partial charge in [-0.05, 0) is 36.4 Å². The molecule has 1 saturated heterocycles. The molecule has 2 unspecified atom stereocenters. The Morgan fingerprint density at radius 2 is 1.30 bits per heavy atom. The maximum absolute atomic E-state index is 13.1. The van der Waals surface area contributed by atoms with Crippen LogP contribution < -0.4 is 0 Å². The van der Waals surface area contributed by atoms with Crippen LogP contribution in [0.5, 0.6) is 0 Å². The monoisotopic (exact) mass is 498 g/mol. The van der Waals surface area contributed by atoms with Crippen LogP contribution in [0.25, 0.3) is 0 Å². The molecule has 0 aromatic heterocycles. The molecule has 1 aliphatic heterocycles. The van der Waals surface area contributed by atoms with Gasteiger partial charge in [-0.1, -0.05) is 60.7 Å². The quantitative estimate of drug-likeness (QED) is 0.193. The van der Waals surface area contributed by atoms with Crippen molar-refractivity contribution in [2.45, 2.75) is 30.2 Å². The van der Waals surface area contributed by atoms with Crippen LogP contribution in [0.15, 0.2) is 104 Å². The summed E-state index contributed by atoms with van der Waals surface area (Å²) in [6.07, 6.45) is -0.245. The van der Waals surface area contributed by atoms with Gasteiger partial charge in [0.25, 0.3) is 0 Å². The van der Waals surface area contributed by atoms with E-state index >= 15 is 0 Å². The zero-order valence-electron chi connectivity index (χ0n) is 20.4. The van der Waals surface area contributed by atoms with Crippen LogP contribution in [0.2, 0.25) is 0 Å². The van der Waals surface area contributed by atoms with E-state index in [9.17, 15) is 14.4 Å². The lowest BCUT2D eigenvalue weighted by Crippen LogP contribution is -2.54. The molecule has 4 atom stereocenters. The van der Waals surface area contributed by atoms with Gasteiger partial charge in [-0.15, -0.1) is 6.58 Å². The zero-order chi connectivity index (χ0) is 26.3. The summed E-state index contributed by atoms with van der Waals surface area (Å²) in [6, 6.07) is 24.8. The van der Waals surface area contributed by atoms with Crippen molar-refractivity contribution in [3.8, 4) is 0 Å². The molecular weight excluding hydrogens is 471 g/mol. The summed E-state index contributed by atoms with van der Waals surface area (Å²) in [5.74, 6) is -1.76. The molecule has 0 radical (unpaired) electrons. The standard InChI is InChI=1S/C29H27BO7/c1-2-18-29(37-27(33)22-16-10-5-11-17-22)24(36-26(32)21-14-8-4-9-15-21)23(35-28(29)30)19-34-25(31)20-12-6-3-7-13-20/h2-17,23-24,28H,1,18-19,30H2/t23?,24-,28?,29-/m1/s1. The Labute approximate surface area is 216 Å². The van der Waals surface area contributed by atoms with Crippen LogP contribution in [0, 0.1) is 0 Å². The second-order valence-electron chi connectivity index (χ2n) is 8.68. The SMILES string of the molecule is BC1OC(COC(=O)c2ccccc2)[C@@H](OC(=O)c2ccccc2)[C@@]1(CC=C)OC(=O)c1ccccc1. The highest BCUT2D eigenvalue weighted by Crippen LogP contribution is 2.40. The smallest absolute Gasteiger partial charge is 0.338 e. The third-order valence-corrected chi connectivity index (χ3v) is 6.27. The van der Waals surface area contributed by atoms with Crippen molar-refractivity contribution in [2.75, 3.05) is 6.61 Å². The molecule has 1 heterocycles. The second kappa shape index (κ2) is 11.7. The Morgan fingerprint density at radius 3 is 1.81 bits per heavy atom. The highest BCUT2D eigenvalue weighted by Gasteiger charge is 2.59. The lowest BCUT2D eigenvalue weighted by molar-refractivity contribution is -0.0858. The summed E-state index contributed by atoms with van der Waals surface area (Å²) >= 11 is 0. The van der Waals surface area contributed by atoms with Gasteiger partial charge in [0, 0.05) is 6.42 Å². The Kier molecular flexibility index (Phi) is 8.20. The van der Waals surface area contributed by atoms with E-state index < -0.39 is 41.7 Å². The lowest BCUT2D eigenvalue weighted by atomic mass is 9.77. The third kappa shape index (κ3) is 5.81. The van der Waals surface area contributed by atoms with E-state index in [2.05, 4.69) is 6.58 Å². The molecule has 3 aromatic rings. The first-order chi connectivity index (χ1) is 17.9. The van der Waals surface area contributed by atoms with E-state index in [4.69, 9.17) is 18.9 Å². The minimum absolute atomic E-state index is 0.141. The lowest BCUT2D eigenvalue weighted by Gasteiger charge is -2.36. The van der Waals surface area contributed by atoms with E-state index in [1.807, 2.05) is 0 Å². The number of hydrogen-bond donors (Lipinski definition) is 0. The van der Waals surface area contributed by atoms with Crippen molar-refractivity contribution in [2.24, 2.45) is 0 Å². The molecule has 3 aromatic carbocycles. The fraction of sp³-hybridized carbons (Fsp3) is 0.207. The number of carbonyl (C=O) groups is 3. The van der Waals surface area contributed by atoms with Crippen molar-refractivity contribution >= 4 is 25.8 Å². The fourth-order valence-corrected chi connectivity index (χ4v) is 4.37. The molecule has 188 valence electrons. The van der Waals surface area contributed by atoms with Gasteiger partial charge in [-0.25, -0.2) is 14.4 Å². The number of carbonyl (C=O) groups excluding carboxylic acids is 3. The number of hydrogen-bond acceptors (Lipinski definition) is 7. The van der Waals surface area contributed by atoms with Crippen LogP contribution in [0.3, 0.4) is 0 Å². The fourth-order valence-electron chi connectivity index (χ4n) is 4.37. The molecule has 0 amide bonds. The molecule has 0 spiro atoms. The maximum Gasteiger partial charge on any atom is 0.338 e. The van der Waals surface area contributed by atoms with Gasteiger partial charge in [0.2, 0.25) is 0 Å². The number of ether oxygens (including phenoxy) is 4. The third-order valence-electron chi connectivity index (χ3n) is 6.27. The van der Waals surface area contributed by atoms with Crippen LogP contribution in [0.1, 0.15) is 37.5 Å². The maximum atomic E-state index is 13.1. The van der Waals surface area contributed by atoms with E-state index in [-0.39, 0.29) is 13.0 Å². The summed E-state index contributed by atoms with van der Waals surface area (Å²) in [5, 5.41) is 0. The molecule has 0 aliphatic carbocycles. The van der Waals surface area contributed by atoms with Crippen LogP contribution >= 0.6 is 0 Å². The van der Waals surface area contributed by atoms with Crippen molar-refractivity contribution in [1.29, 1.82) is 0 Å². The van der Waals surface area contributed by atoms with Gasteiger partial charge >= 0.3 is 17.9 Å². The topological polar surface area (TPSA) is 88.1 Å². The molecule has 0 saturated carbocycles. The molecule has 37 heavy (non-hydrogen) atoms. The Hall–Kier alpha value is -4.17. The molecule has 0 N–H and O–H groups in total. The van der Waals surface area contributed by atoms with Gasteiger partial charge < -0.3 is 18.9 Å². The highest BCUT2D eigenvalue weighted by molar-refractivity contribution is 6.12. The summed E-state index contributed by atoms with van der Waals surface area (Å²) in [4.78, 5) is 38.9. The summed E-state index contributed by atoms with van der Waals surface area (Å²) in [5.41, 5.74) is -0.364. The number of benzene rings is 3. The Bertz CT molecular complexity index is 1230. The molecule has 8 heteroatoms. The zero-order valence-corrected chi connectivity index (χ0v) is 20.4. The molecule has 1 fully saturated rings. The minimum Gasteiger partial charge on any atom is -0.459 e. The molecule has 1 aliphatic rings. The normalized spacial score (nSPS) is 22.5. The van der Waals surface area contributed by atoms with Crippen molar-refractivity contribution in [1.82, 2.24) is 0 Å². The highest BCUT2D eigenvalue weighted by atomic mass is 16.7. The number of esters is 3. The summed E-state index contributed by atoms with van der Waals surface area (Å²) in [7, 11) is 1.73. The van der Waals surface area contributed by atoms with Gasteiger partial charge in [-0.3, -0.25) is 0 Å². The van der Waals surface area contributed by atoms with Gasteiger partial charge in [-0.2, -0.15) is 0 Å². The van der Waals surface area contributed by atoms with Crippen molar-refractivity contribution < 1.29 is 33.3 Å². The van der Waals surface area contributed by atoms with Crippen LogP contribution in [0.4, 0.5) is 0 Å². The first kappa shape index (κ1) is 25.9. The van der Waals surface area contributed by atoms with E-state index in [0.29, 0.717) is 16.7 Å². The van der Waals surface area contributed by atoms with Gasteiger partial charge in [0.15, 0.2) is 11.7 Å². The first-order valence-electron chi connectivity index (χ1n) is 12.0. The van der Waals surface area contributed by atoms with Gasteiger partial charge in [0.05, 0.1) is 22.7 Å². The molecular formula is C29H27BO7. The molecule has 7 nitrogen and oxygen atoms in total. The van der Waals surface area contributed by atoms with Crippen molar-refractivity contribution in [3.05, 3.63) is 120 Å². The average molecular weight is 498 g/mol. The van der Waals surface area contributed by atoms with E-state index in [1.165, 1.54) is 0 Å². The minimum atomic E-state index is -1.40. The van der Waals surface area contributed by atoms with Crippen LogP contribution in [-0.4, -0.2) is 56.2 Å². The Morgan fingerprint density at radius 1 is 0.811 bits per heavy atom. The van der Waals surface area contributed by atoms with Crippen molar-refractivity contribution in [3.63, 3.8) is 0 Å². The first-order valence-corrected chi connectivity index (χ1v) is 12.0. The largest absolute Gasteiger partial charge is 0.459 e. The van der Waals surface area contributed by atoms with E-state index in [0.717, 1.165) is 0 Å². The van der Waals surface area contributed by atoms with E-state index in [1.54, 1.807) is 105 Å².